The molecule has 9 heavy (non-hydrogen) atoms. The molecule has 52 valence electrons. The normalized spacial score (nSPS) is 39.0. The maximum atomic E-state index is 3.56. The lowest BCUT2D eigenvalue weighted by Crippen LogP contribution is -2.64. The molecule has 2 saturated heterocycles. The zero-order valence-electron chi connectivity index (χ0n) is 5.91. The summed E-state index contributed by atoms with van der Waals surface area (Å²) in [4.78, 5) is 0. The minimum Gasteiger partial charge on any atom is -0.313 e. The molecule has 0 aromatic carbocycles. The van der Waals surface area contributed by atoms with Gasteiger partial charge < -0.3 is 10.6 Å². The number of rotatable bonds is 0. The first-order chi connectivity index (χ1) is 4.31. The van der Waals surface area contributed by atoms with Gasteiger partial charge >= 0.3 is 0 Å². The molecule has 0 aliphatic carbocycles. The molecule has 2 fully saturated rings. The second-order valence-electron chi connectivity index (χ2n) is 3.57. The topological polar surface area (TPSA) is 24.1 Å². The highest BCUT2D eigenvalue weighted by Gasteiger charge is 2.41. The smallest absolute Gasteiger partial charge is 0.0435 e. The van der Waals surface area contributed by atoms with Crippen LogP contribution in [-0.2, 0) is 0 Å². The van der Waals surface area contributed by atoms with Gasteiger partial charge in [-0.05, 0) is 18.9 Å². The summed E-state index contributed by atoms with van der Waals surface area (Å²) in [6, 6.07) is 0. The molecule has 1 unspecified atom stereocenters. The van der Waals surface area contributed by atoms with Crippen LogP contribution in [0.5, 0.6) is 0 Å². The summed E-state index contributed by atoms with van der Waals surface area (Å²) in [5.41, 5.74) is 0.527. The first-order valence-electron chi connectivity index (χ1n) is 3.77. The van der Waals surface area contributed by atoms with Crippen molar-refractivity contribution in [3.8, 4) is 0 Å². The van der Waals surface area contributed by atoms with Gasteiger partial charge in [-0.25, -0.2) is 0 Å². The van der Waals surface area contributed by atoms with Crippen LogP contribution in [0.15, 0.2) is 0 Å². The van der Waals surface area contributed by atoms with Crippen molar-refractivity contribution in [3.63, 3.8) is 0 Å². The van der Waals surface area contributed by atoms with Crippen molar-refractivity contribution in [2.75, 3.05) is 19.6 Å². The zero-order valence-corrected chi connectivity index (χ0v) is 5.91. The van der Waals surface area contributed by atoms with Crippen LogP contribution in [0.25, 0.3) is 0 Å². The quantitative estimate of drug-likeness (QED) is 0.476. The second-order valence-corrected chi connectivity index (χ2v) is 3.57. The van der Waals surface area contributed by atoms with E-state index in [0.717, 1.165) is 5.92 Å². The monoisotopic (exact) mass is 126 g/mol. The van der Waals surface area contributed by atoms with Crippen LogP contribution in [0.1, 0.15) is 13.3 Å². The Kier molecular flexibility index (Phi) is 1.08. The number of nitrogens with one attached hydrogen (secondary N) is 2. The zero-order chi connectivity index (χ0) is 6.32. The molecular formula is C7H14N2. The molecule has 2 nitrogen and oxygen atoms in total. The maximum Gasteiger partial charge on any atom is 0.0435 e. The molecule has 0 aromatic heterocycles. The van der Waals surface area contributed by atoms with E-state index in [4.69, 9.17) is 0 Å². The third kappa shape index (κ3) is 0.775. The molecule has 0 aromatic rings. The fourth-order valence-electron chi connectivity index (χ4n) is 1.90. The van der Waals surface area contributed by atoms with Crippen molar-refractivity contribution in [3.05, 3.63) is 0 Å². The second kappa shape index (κ2) is 1.70. The molecule has 2 heteroatoms. The molecule has 0 radical (unpaired) electrons. The van der Waals surface area contributed by atoms with Crippen LogP contribution in [-0.4, -0.2) is 25.2 Å². The molecule has 2 aliphatic rings. The summed E-state index contributed by atoms with van der Waals surface area (Å²) in [5.74, 6) is 0.895. The van der Waals surface area contributed by atoms with Gasteiger partial charge in [0.25, 0.3) is 0 Å². The molecule has 2 rings (SSSR count). The third-order valence-corrected chi connectivity index (χ3v) is 2.49. The van der Waals surface area contributed by atoms with Gasteiger partial charge in [0.15, 0.2) is 0 Å². The minimum absolute atomic E-state index is 0.527. The number of hydrogen-bond donors (Lipinski definition) is 2. The van der Waals surface area contributed by atoms with Crippen molar-refractivity contribution in [2.24, 2.45) is 5.92 Å². The van der Waals surface area contributed by atoms with Crippen molar-refractivity contribution in [1.29, 1.82) is 0 Å². The molecule has 1 spiro atoms. The van der Waals surface area contributed by atoms with E-state index in [-0.39, 0.29) is 0 Å². The van der Waals surface area contributed by atoms with Gasteiger partial charge in [-0.15, -0.1) is 0 Å². The average Bonchev–Trinajstić information content (AvgIpc) is 2.09. The Bertz CT molecular complexity index is 118. The Morgan fingerprint density at radius 3 is 2.44 bits per heavy atom. The Labute approximate surface area is 56.0 Å². The van der Waals surface area contributed by atoms with Crippen LogP contribution in [0.2, 0.25) is 0 Å². The summed E-state index contributed by atoms with van der Waals surface area (Å²) in [5, 5.41) is 6.86. The van der Waals surface area contributed by atoms with Crippen LogP contribution in [0, 0.1) is 5.92 Å². The van der Waals surface area contributed by atoms with Crippen molar-refractivity contribution in [2.45, 2.75) is 18.9 Å². The van der Waals surface area contributed by atoms with Gasteiger partial charge in [-0.3, -0.25) is 0 Å². The molecule has 0 bridgehead atoms. The summed E-state index contributed by atoms with van der Waals surface area (Å²) in [6.07, 6.45) is 1.38. The molecular weight excluding hydrogens is 112 g/mol. The van der Waals surface area contributed by atoms with Crippen molar-refractivity contribution in [1.82, 2.24) is 10.6 Å². The van der Waals surface area contributed by atoms with E-state index in [0.29, 0.717) is 5.54 Å². The van der Waals surface area contributed by atoms with Gasteiger partial charge in [0.1, 0.15) is 0 Å². The molecule has 2 N–H and O–H groups in total. The summed E-state index contributed by atoms with van der Waals surface area (Å²) in [6.45, 7) is 5.93. The van der Waals surface area contributed by atoms with E-state index in [1.54, 1.807) is 0 Å². The van der Waals surface area contributed by atoms with Crippen molar-refractivity contribution < 1.29 is 0 Å². The van der Waals surface area contributed by atoms with Gasteiger partial charge in [-0.2, -0.15) is 0 Å². The SMILES string of the molecule is CC1CNC2(CNC2)C1. The average molecular weight is 126 g/mol. The first kappa shape index (κ1) is 5.69. The van der Waals surface area contributed by atoms with Crippen LogP contribution < -0.4 is 10.6 Å². The van der Waals surface area contributed by atoms with E-state index in [1.807, 2.05) is 0 Å². The fourth-order valence-corrected chi connectivity index (χ4v) is 1.90. The Balaban J connectivity index is 1.99. The Morgan fingerprint density at radius 1 is 1.44 bits per heavy atom. The van der Waals surface area contributed by atoms with Gasteiger partial charge in [-0.1, -0.05) is 6.92 Å². The molecule has 1 atom stereocenters. The van der Waals surface area contributed by atoms with Gasteiger partial charge in [0, 0.05) is 18.6 Å². The molecule has 2 aliphatic heterocycles. The molecule has 0 amide bonds. The lowest BCUT2D eigenvalue weighted by Gasteiger charge is -2.39. The van der Waals surface area contributed by atoms with E-state index < -0.39 is 0 Å². The van der Waals surface area contributed by atoms with Gasteiger partial charge in [0.05, 0.1) is 0 Å². The fraction of sp³-hybridized carbons (Fsp3) is 1.00. The predicted molar refractivity (Wildman–Crippen MR) is 37.4 cm³/mol. The van der Waals surface area contributed by atoms with E-state index in [9.17, 15) is 0 Å². The number of hydrogen-bond acceptors (Lipinski definition) is 2. The summed E-state index contributed by atoms with van der Waals surface area (Å²) in [7, 11) is 0. The first-order valence-corrected chi connectivity index (χ1v) is 3.77. The Hall–Kier alpha value is -0.0800. The highest BCUT2D eigenvalue weighted by atomic mass is 15.2. The highest BCUT2D eigenvalue weighted by Crippen LogP contribution is 2.26. The molecule has 2 heterocycles. The van der Waals surface area contributed by atoms with Crippen LogP contribution in [0.4, 0.5) is 0 Å². The largest absolute Gasteiger partial charge is 0.313 e. The van der Waals surface area contributed by atoms with Gasteiger partial charge in [0.2, 0.25) is 0 Å². The highest BCUT2D eigenvalue weighted by molar-refractivity contribution is 5.05. The van der Waals surface area contributed by atoms with E-state index in [2.05, 4.69) is 17.6 Å². The summed E-state index contributed by atoms with van der Waals surface area (Å²) < 4.78 is 0. The Morgan fingerprint density at radius 2 is 2.22 bits per heavy atom. The minimum atomic E-state index is 0.527. The lowest BCUT2D eigenvalue weighted by molar-refractivity contribution is 0.243. The van der Waals surface area contributed by atoms with E-state index >= 15 is 0 Å². The maximum absolute atomic E-state index is 3.56. The van der Waals surface area contributed by atoms with Crippen molar-refractivity contribution >= 4 is 0 Å². The standard InChI is InChI=1S/C7H14N2/c1-6-2-7(9-3-6)4-8-5-7/h6,8-9H,2-5H2,1H3. The lowest BCUT2D eigenvalue weighted by atomic mass is 9.88. The summed E-state index contributed by atoms with van der Waals surface area (Å²) >= 11 is 0. The molecule has 0 saturated carbocycles. The third-order valence-electron chi connectivity index (χ3n) is 2.49. The van der Waals surface area contributed by atoms with E-state index in [1.165, 1.54) is 26.1 Å². The van der Waals surface area contributed by atoms with Crippen LogP contribution >= 0.6 is 0 Å². The predicted octanol–water partition coefficient (Wildman–Crippen LogP) is -0.0422. The van der Waals surface area contributed by atoms with Crippen LogP contribution in [0.3, 0.4) is 0 Å².